The van der Waals surface area contributed by atoms with Crippen LogP contribution in [-0.4, -0.2) is 40.0 Å². The highest BCUT2D eigenvalue weighted by Gasteiger charge is 2.37. The van der Waals surface area contributed by atoms with Crippen molar-refractivity contribution in [2.75, 3.05) is 18.7 Å². The van der Waals surface area contributed by atoms with Crippen molar-refractivity contribution in [3.63, 3.8) is 0 Å². The highest BCUT2D eigenvalue weighted by Crippen LogP contribution is 2.37. The van der Waals surface area contributed by atoms with E-state index in [0.29, 0.717) is 11.2 Å². The number of rotatable bonds is 3. The Hall–Kier alpha value is -3.63. The second-order valence-electron chi connectivity index (χ2n) is 6.31. The predicted molar refractivity (Wildman–Crippen MR) is 97.8 cm³/mol. The molecular formula is C18H14F4N6O. The molecule has 150 valence electrons. The van der Waals surface area contributed by atoms with Gasteiger partial charge in [-0.3, -0.25) is 9.80 Å². The van der Waals surface area contributed by atoms with E-state index in [1.165, 1.54) is 32.9 Å². The summed E-state index contributed by atoms with van der Waals surface area (Å²) >= 11 is 0. The molecule has 3 heterocycles. The van der Waals surface area contributed by atoms with Crippen molar-refractivity contribution in [1.82, 2.24) is 14.6 Å². The average Bonchev–Trinajstić information content (AvgIpc) is 3.23. The van der Waals surface area contributed by atoms with Crippen LogP contribution in [0, 0.1) is 5.82 Å². The first-order chi connectivity index (χ1) is 13.7. The fraction of sp³-hybridized carbons (Fsp3) is 0.167. The molecule has 2 N–H and O–H groups in total. The van der Waals surface area contributed by atoms with Crippen LogP contribution >= 0.6 is 0 Å². The van der Waals surface area contributed by atoms with Crippen molar-refractivity contribution in [2.24, 2.45) is 10.7 Å². The highest BCUT2D eigenvalue weighted by molar-refractivity contribution is 6.37. The molecule has 1 aliphatic heterocycles. The van der Waals surface area contributed by atoms with Gasteiger partial charge in [0, 0.05) is 18.6 Å². The number of amides is 1. The number of aliphatic imine (C=N–C) groups is 1. The number of likely N-dealkylation sites (N-methyl/N-ethyl adjacent to an activating group) is 1. The Bertz CT molecular complexity index is 1150. The normalized spacial score (nSPS) is 14.6. The van der Waals surface area contributed by atoms with Gasteiger partial charge in [-0.15, -0.1) is 0 Å². The molecular weight excluding hydrogens is 392 g/mol. The van der Waals surface area contributed by atoms with Crippen LogP contribution in [0.3, 0.4) is 0 Å². The van der Waals surface area contributed by atoms with E-state index in [2.05, 4.69) is 9.98 Å². The van der Waals surface area contributed by atoms with Gasteiger partial charge in [0.05, 0.1) is 5.69 Å². The summed E-state index contributed by atoms with van der Waals surface area (Å²) in [6.07, 6.45) is -3.49. The standard InChI is InChI=1S/C18H14F4N6O/c1-26-17(15(23)29)24-9-28(26)13-6-5-10-7-8-27(16(10)25-13)12-4-2-3-11(19)14(12)18(20,21)22/h2-8H,9H2,1H3,(H2,23,29). The fourth-order valence-corrected chi connectivity index (χ4v) is 3.24. The summed E-state index contributed by atoms with van der Waals surface area (Å²) in [5.41, 5.74) is 3.72. The number of nitrogens with two attached hydrogens (primary N) is 1. The van der Waals surface area contributed by atoms with Gasteiger partial charge in [-0.25, -0.2) is 19.4 Å². The third kappa shape index (κ3) is 3.04. The molecule has 0 saturated heterocycles. The quantitative estimate of drug-likeness (QED) is 0.679. The topological polar surface area (TPSA) is 79.8 Å². The largest absolute Gasteiger partial charge is 0.421 e. The maximum Gasteiger partial charge on any atom is 0.421 e. The zero-order valence-electron chi connectivity index (χ0n) is 15.0. The molecule has 0 spiro atoms. The zero-order chi connectivity index (χ0) is 20.9. The summed E-state index contributed by atoms with van der Waals surface area (Å²) < 4.78 is 55.5. The van der Waals surface area contributed by atoms with Gasteiger partial charge in [0.25, 0.3) is 5.91 Å². The first-order valence-corrected chi connectivity index (χ1v) is 8.38. The van der Waals surface area contributed by atoms with Gasteiger partial charge in [-0.2, -0.15) is 13.2 Å². The Labute approximate surface area is 161 Å². The number of amidine groups is 1. The molecule has 0 atom stereocenters. The van der Waals surface area contributed by atoms with Crippen molar-refractivity contribution in [3.05, 3.63) is 54.0 Å². The van der Waals surface area contributed by atoms with E-state index in [1.807, 2.05) is 0 Å². The molecule has 11 heteroatoms. The molecule has 2 aromatic heterocycles. The van der Waals surface area contributed by atoms with Crippen molar-refractivity contribution in [3.8, 4) is 5.69 Å². The maximum absolute atomic E-state index is 14.0. The summed E-state index contributed by atoms with van der Waals surface area (Å²) in [4.78, 5) is 19.9. The van der Waals surface area contributed by atoms with Crippen LogP contribution in [0.25, 0.3) is 16.7 Å². The molecule has 0 unspecified atom stereocenters. The minimum Gasteiger partial charge on any atom is -0.363 e. The van der Waals surface area contributed by atoms with Crippen molar-refractivity contribution in [1.29, 1.82) is 0 Å². The van der Waals surface area contributed by atoms with Gasteiger partial charge < -0.3 is 10.3 Å². The summed E-state index contributed by atoms with van der Waals surface area (Å²) in [7, 11) is 1.57. The Morgan fingerprint density at radius 2 is 1.93 bits per heavy atom. The van der Waals surface area contributed by atoms with Crippen molar-refractivity contribution >= 4 is 28.6 Å². The molecule has 0 aliphatic carbocycles. The minimum atomic E-state index is -4.88. The van der Waals surface area contributed by atoms with Gasteiger partial charge in [0.15, 0.2) is 5.82 Å². The molecule has 0 saturated carbocycles. The number of hydrogen-bond donors (Lipinski definition) is 1. The number of carbonyl (C=O) groups is 1. The first-order valence-electron chi connectivity index (χ1n) is 8.38. The number of halogens is 4. The lowest BCUT2D eigenvalue weighted by Gasteiger charge is -2.26. The lowest BCUT2D eigenvalue weighted by atomic mass is 10.1. The second kappa shape index (κ2) is 6.47. The Morgan fingerprint density at radius 1 is 1.17 bits per heavy atom. The van der Waals surface area contributed by atoms with E-state index >= 15 is 0 Å². The molecule has 4 rings (SSSR count). The molecule has 29 heavy (non-hydrogen) atoms. The SMILES string of the molecule is CN1C(C(N)=O)=NCN1c1ccc2ccn(-c3cccc(F)c3C(F)(F)F)c2n1. The maximum atomic E-state index is 14.0. The number of benzene rings is 1. The third-order valence-corrected chi connectivity index (χ3v) is 4.56. The van der Waals surface area contributed by atoms with E-state index in [4.69, 9.17) is 5.73 Å². The zero-order valence-corrected chi connectivity index (χ0v) is 15.0. The number of pyridine rings is 1. The molecule has 0 fully saturated rings. The van der Waals surface area contributed by atoms with E-state index in [9.17, 15) is 22.4 Å². The number of hydrazine groups is 1. The van der Waals surface area contributed by atoms with Gasteiger partial charge in [0.1, 0.15) is 23.7 Å². The average molecular weight is 406 g/mol. The molecule has 7 nitrogen and oxygen atoms in total. The monoisotopic (exact) mass is 406 g/mol. The van der Waals surface area contributed by atoms with Crippen LogP contribution < -0.4 is 10.7 Å². The summed E-state index contributed by atoms with van der Waals surface area (Å²) in [5, 5.41) is 3.50. The molecule has 1 amide bonds. The third-order valence-electron chi connectivity index (χ3n) is 4.56. The highest BCUT2D eigenvalue weighted by atomic mass is 19.4. The first kappa shape index (κ1) is 18.7. The van der Waals surface area contributed by atoms with Crippen LogP contribution in [0.1, 0.15) is 5.56 Å². The predicted octanol–water partition coefficient (Wildman–Crippen LogP) is 2.69. The number of fused-ring (bicyclic) bond motifs is 1. The minimum absolute atomic E-state index is 0.0340. The molecule has 3 aromatic rings. The number of primary amides is 1. The van der Waals surface area contributed by atoms with Crippen LogP contribution in [0.2, 0.25) is 0 Å². The van der Waals surface area contributed by atoms with Crippen molar-refractivity contribution in [2.45, 2.75) is 6.18 Å². The van der Waals surface area contributed by atoms with E-state index in [0.717, 1.165) is 6.07 Å². The van der Waals surface area contributed by atoms with Gasteiger partial charge in [-0.1, -0.05) is 6.07 Å². The Morgan fingerprint density at radius 3 is 2.59 bits per heavy atom. The summed E-state index contributed by atoms with van der Waals surface area (Å²) in [6, 6.07) is 8.03. The number of aromatic nitrogens is 2. The Balaban J connectivity index is 1.83. The van der Waals surface area contributed by atoms with Crippen LogP contribution in [0.5, 0.6) is 0 Å². The number of anilines is 1. The number of alkyl halides is 3. The van der Waals surface area contributed by atoms with E-state index in [1.54, 1.807) is 25.2 Å². The van der Waals surface area contributed by atoms with E-state index < -0.39 is 23.5 Å². The van der Waals surface area contributed by atoms with Gasteiger partial charge in [-0.05, 0) is 30.3 Å². The van der Waals surface area contributed by atoms with Crippen LogP contribution in [0.4, 0.5) is 23.4 Å². The second-order valence-corrected chi connectivity index (χ2v) is 6.31. The number of hydrogen-bond acceptors (Lipinski definition) is 5. The molecule has 0 bridgehead atoms. The fourth-order valence-electron chi connectivity index (χ4n) is 3.24. The number of nitrogens with zero attached hydrogens (tertiary/aromatic N) is 5. The van der Waals surface area contributed by atoms with E-state index in [-0.39, 0.29) is 23.8 Å². The van der Waals surface area contributed by atoms with Crippen LogP contribution in [-0.2, 0) is 11.0 Å². The lowest BCUT2D eigenvalue weighted by Crippen LogP contribution is -2.43. The molecule has 1 aliphatic rings. The molecule has 0 radical (unpaired) electrons. The molecule has 1 aromatic carbocycles. The summed E-state index contributed by atoms with van der Waals surface area (Å²) in [5.74, 6) is -1.71. The number of carbonyl (C=O) groups excluding carboxylic acids is 1. The Kier molecular flexibility index (Phi) is 4.17. The van der Waals surface area contributed by atoms with Gasteiger partial charge in [0.2, 0.25) is 5.84 Å². The summed E-state index contributed by atoms with van der Waals surface area (Å²) in [6.45, 7) is 0.0712. The smallest absolute Gasteiger partial charge is 0.363 e. The van der Waals surface area contributed by atoms with Crippen molar-refractivity contribution < 1.29 is 22.4 Å². The lowest BCUT2D eigenvalue weighted by molar-refractivity contribution is -0.139. The van der Waals surface area contributed by atoms with Crippen LogP contribution in [0.15, 0.2) is 47.6 Å². The van der Waals surface area contributed by atoms with Gasteiger partial charge >= 0.3 is 6.18 Å².